The average molecular weight is 243 g/mol. The molecule has 1 aromatic rings. The number of allylic oxidation sites excluding steroid dienone is 1. The predicted octanol–water partition coefficient (Wildman–Crippen LogP) is 4.69. The van der Waals surface area contributed by atoms with Gasteiger partial charge in [0, 0.05) is 23.2 Å². The summed E-state index contributed by atoms with van der Waals surface area (Å²) in [4.78, 5) is 2.54. The Labute approximate surface area is 112 Å². The molecule has 0 aromatic heterocycles. The Kier molecular flexibility index (Phi) is 3.04. The highest BCUT2D eigenvalue weighted by Gasteiger charge is 2.32. The van der Waals surface area contributed by atoms with Crippen molar-refractivity contribution in [1.29, 1.82) is 0 Å². The van der Waals surface area contributed by atoms with Crippen LogP contribution in [0.4, 0.5) is 0 Å². The molecule has 0 fully saturated rings. The molecule has 1 heteroatoms. The van der Waals surface area contributed by atoms with Crippen molar-refractivity contribution in [2.45, 2.75) is 53.6 Å². The second kappa shape index (κ2) is 4.15. The molecule has 1 nitrogen and oxygen atoms in total. The summed E-state index contributed by atoms with van der Waals surface area (Å²) in [6.45, 7) is 14.8. The first-order valence-corrected chi connectivity index (χ1v) is 6.77. The van der Waals surface area contributed by atoms with E-state index in [1.165, 1.54) is 16.8 Å². The lowest BCUT2D eigenvalue weighted by Gasteiger charge is -2.46. The molecule has 0 N–H and O–H groups in total. The number of fused-ring (bicyclic) bond motifs is 1. The number of nitrogens with zero attached hydrogens (tertiary/aromatic N) is 1. The number of benzene rings is 1. The quantitative estimate of drug-likeness (QED) is 0.639. The highest BCUT2D eigenvalue weighted by molar-refractivity contribution is 5.60. The van der Waals surface area contributed by atoms with E-state index in [0.29, 0.717) is 0 Å². The first kappa shape index (κ1) is 13.2. The molecule has 2 rings (SSSR count). The van der Waals surface area contributed by atoms with Gasteiger partial charge in [0.25, 0.3) is 0 Å². The highest BCUT2D eigenvalue weighted by atomic mass is 15.2. The third-order valence-electron chi connectivity index (χ3n) is 3.54. The first-order valence-electron chi connectivity index (χ1n) is 6.77. The lowest BCUT2D eigenvalue weighted by atomic mass is 9.84. The van der Waals surface area contributed by atoms with Gasteiger partial charge in [0.1, 0.15) is 0 Å². The minimum Gasteiger partial charge on any atom is -0.365 e. The van der Waals surface area contributed by atoms with Gasteiger partial charge in [-0.3, -0.25) is 0 Å². The fourth-order valence-electron chi connectivity index (χ4n) is 2.52. The first-order chi connectivity index (χ1) is 8.19. The Balaban J connectivity index is 2.53. The third-order valence-corrected chi connectivity index (χ3v) is 3.54. The van der Waals surface area contributed by atoms with E-state index >= 15 is 0 Å². The third kappa shape index (κ3) is 2.45. The lowest BCUT2D eigenvalue weighted by Crippen LogP contribution is -2.44. The van der Waals surface area contributed by atoms with Crippen LogP contribution >= 0.6 is 0 Å². The maximum absolute atomic E-state index is 2.54. The predicted molar refractivity (Wildman–Crippen MR) is 79.2 cm³/mol. The normalized spacial score (nSPS) is 16.3. The van der Waals surface area contributed by atoms with E-state index in [9.17, 15) is 0 Å². The second-order valence-electron chi connectivity index (χ2n) is 7.24. The van der Waals surface area contributed by atoms with Crippen molar-refractivity contribution in [2.24, 2.45) is 5.41 Å². The Morgan fingerprint density at radius 1 is 0.944 bits per heavy atom. The van der Waals surface area contributed by atoms with Gasteiger partial charge >= 0.3 is 0 Å². The molecule has 1 heterocycles. The summed E-state index contributed by atoms with van der Waals surface area (Å²) in [5.74, 6) is 0. The molecule has 1 aliphatic rings. The van der Waals surface area contributed by atoms with Gasteiger partial charge in [0.05, 0.1) is 0 Å². The van der Waals surface area contributed by atoms with Crippen molar-refractivity contribution in [2.75, 3.05) is 0 Å². The molecule has 0 unspecified atom stereocenters. The van der Waals surface area contributed by atoms with Gasteiger partial charge in [-0.05, 0) is 38.0 Å². The number of hydrogen-bond acceptors (Lipinski definition) is 1. The molecule has 1 aromatic carbocycles. The summed E-state index contributed by atoms with van der Waals surface area (Å²) in [5.41, 5.74) is 4.59. The van der Waals surface area contributed by atoms with E-state index in [4.69, 9.17) is 0 Å². The van der Waals surface area contributed by atoms with Gasteiger partial charge in [-0.15, -0.1) is 0 Å². The molecule has 0 radical (unpaired) electrons. The van der Waals surface area contributed by atoms with Crippen molar-refractivity contribution in [3.8, 4) is 0 Å². The van der Waals surface area contributed by atoms with Crippen LogP contribution in [-0.2, 0) is 6.54 Å². The van der Waals surface area contributed by atoms with Crippen LogP contribution in [-0.4, -0.2) is 10.4 Å². The van der Waals surface area contributed by atoms with Crippen molar-refractivity contribution in [1.82, 2.24) is 4.90 Å². The molecule has 0 atom stereocenters. The largest absolute Gasteiger partial charge is 0.365 e. The zero-order valence-electron chi connectivity index (χ0n) is 12.5. The topological polar surface area (TPSA) is 3.24 Å². The van der Waals surface area contributed by atoms with Crippen molar-refractivity contribution < 1.29 is 0 Å². The van der Waals surface area contributed by atoms with E-state index < -0.39 is 0 Å². The summed E-state index contributed by atoms with van der Waals surface area (Å²) in [6.07, 6.45) is 2.37. The van der Waals surface area contributed by atoms with Gasteiger partial charge in [-0.25, -0.2) is 0 Å². The molecule has 0 bridgehead atoms. The van der Waals surface area contributed by atoms with Gasteiger partial charge in [0.15, 0.2) is 0 Å². The zero-order valence-corrected chi connectivity index (χ0v) is 12.5. The second-order valence-corrected chi connectivity index (χ2v) is 7.24. The smallest absolute Gasteiger partial charge is 0.0438 e. The summed E-state index contributed by atoms with van der Waals surface area (Å²) in [7, 11) is 0. The van der Waals surface area contributed by atoms with Gasteiger partial charge < -0.3 is 4.90 Å². The van der Waals surface area contributed by atoms with Crippen LogP contribution in [0.25, 0.3) is 6.08 Å². The van der Waals surface area contributed by atoms with Crippen LogP contribution in [0.1, 0.15) is 52.7 Å². The number of hydrogen-bond donors (Lipinski definition) is 0. The van der Waals surface area contributed by atoms with Crippen LogP contribution in [0.2, 0.25) is 0 Å². The van der Waals surface area contributed by atoms with E-state index in [-0.39, 0.29) is 11.0 Å². The monoisotopic (exact) mass is 243 g/mol. The molecule has 98 valence electrons. The lowest BCUT2D eigenvalue weighted by molar-refractivity contribution is 0.139. The molecule has 0 saturated heterocycles. The van der Waals surface area contributed by atoms with Gasteiger partial charge in [0.2, 0.25) is 0 Å². The van der Waals surface area contributed by atoms with Crippen LogP contribution < -0.4 is 0 Å². The van der Waals surface area contributed by atoms with E-state index in [2.05, 4.69) is 76.8 Å². The summed E-state index contributed by atoms with van der Waals surface area (Å²) in [5, 5.41) is 0. The Bertz CT molecular complexity index is 469. The van der Waals surface area contributed by atoms with Crippen molar-refractivity contribution in [3.63, 3.8) is 0 Å². The van der Waals surface area contributed by atoms with Gasteiger partial charge in [-0.2, -0.15) is 0 Å². The molecule has 0 aliphatic carbocycles. The molecule has 1 aliphatic heterocycles. The maximum atomic E-state index is 2.54. The van der Waals surface area contributed by atoms with Crippen LogP contribution in [0.5, 0.6) is 0 Å². The van der Waals surface area contributed by atoms with Crippen LogP contribution in [0.15, 0.2) is 30.0 Å². The standard InChI is InChI=1S/C17H25N/c1-16(2,3)15-11-13-9-7-8-10-14(13)12-18(15)17(4,5)6/h7-11H,12H2,1-6H3. The minimum atomic E-state index is 0.159. The fourth-order valence-corrected chi connectivity index (χ4v) is 2.52. The summed E-state index contributed by atoms with van der Waals surface area (Å²) >= 11 is 0. The maximum Gasteiger partial charge on any atom is 0.0438 e. The molecular weight excluding hydrogens is 218 g/mol. The minimum absolute atomic E-state index is 0.159. The van der Waals surface area contributed by atoms with E-state index in [1.807, 2.05) is 0 Å². The SMILES string of the molecule is CC(C)(C)C1=Cc2ccccc2CN1C(C)(C)C. The molecule has 0 amide bonds. The fraction of sp³-hybridized carbons (Fsp3) is 0.529. The van der Waals surface area contributed by atoms with E-state index in [1.54, 1.807) is 0 Å². The summed E-state index contributed by atoms with van der Waals surface area (Å²) < 4.78 is 0. The Morgan fingerprint density at radius 3 is 2.11 bits per heavy atom. The van der Waals surface area contributed by atoms with Crippen LogP contribution in [0, 0.1) is 5.41 Å². The van der Waals surface area contributed by atoms with Crippen molar-refractivity contribution in [3.05, 3.63) is 41.1 Å². The van der Waals surface area contributed by atoms with Crippen molar-refractivity contribution >= 4 is 6.08 Å². The molecular formula is C17H25N. The van der Waals surface area contributed by atoms with E-state index in [0.717, 1.165) is 6.54 Å². The molecule has 0 spiro atoms. The van der Waals surface area contributed by atoms with Gasteiger partial charge in [-0.1, -0.05) is 45.0 Å². The molecule has 0 saturated carbocycles. The zero-order chi connectivity index (χ0) is 13.6. The Morgan fingerprint density at radius 2 is 1.56 bits per heavy atom. The van der Waals surface area contributed by atoms with Crippen LogP contribution in [0.3, 0.4) is 0 Å². The number of rotatable bonds is 0. The summed E-state index contributed by atoms with van der Waals surface area (Å²) in [6, 6.07) is 8.73. The molecule has 18 heavy (non-hydrogen) atoms. The Hall–Kier alpha value is -1.24. The highest BCUT2D eigenvalue weighted by Crippen LogP contribution is 2.39. The average Bonchev–Trinajstić information content (AvgIpc) is 2.25.